The van der Waals surface area contributed by atoms with Crippen LogP contribution >= 0.6 is 11.3 Å². The van der Waals surface area contributed by atoms with Gasteiger partial charge in [0.1, 0.15) is 11.6 Å². The molecule has 1 aromatic carbocycles. The number of hydrogen-bond donors (Lipinski definition) is 0. The van der Waals surface area contributed by atoms with Crippen LogP contribution in [0.1, 0.15) is 13.3 Å². The number of rotatable bonds is 3. The molecule has 2 heterocycles. The minimum atomic E-state index is 1.07. The molecule has 0 N–H and O–H groups in total. The van der Waals surface area contributed by atoms with Crippen molar-refractivity contribution in [2.45, 2.75) is 19.9 Å². The molecule has 0 amide bonds. The molecular formula is C15H15N2S+. The standard InChI is InChI=1S/C15H15N2S/c1-2-9-17-10-7-12(8-11-17)15-16-13-5-3-4-6-14(13)18-15/h3-8,10-11H,2,9H2,1H3/q+1. The summed E-state index contributed by atoms with van der Waals surface area (Å²) in [5, 5.41) is 1.10. The number of fused-ring (bicyclic) bond motifs is 1. The van der Waals surface area contributed by atoms with E-state index in [1.165, 1.54) is 10.3 Å². The summed E-state index contributed by atoms with van der Waals surface area (Å²) in [6.07, 6.45) is 5.42. The van der Waals surface area contributed by atoms with Gasteiger partial charge in [-0.3, -0.25) is 0 Å². The van der Waals surface area contributed by atoms with Crippen molar-refractivity contribution in [2.24, 2.45) is 0 Å². The number of pyridine rings is 1. The molecule has 0 atom stereocenters. The van der Waals surface area contributed by atoms with Gasteiger partial charge in [0.15, 0.2) is 12.4 Å². The predicted molar refractivity (Wildman–Crippen MR) is 75.5 cm³/mol. The minimum absolute atomic E-state index is 1.07. The fourth-order valence-corrected chi connectivity index (χ4v) is 2.97. The summed E-state index contributed by atoms with van der Waals surface area (Å²) >= 11 is 1.75. The van der Waals surface area contributed by atoms with Crippen molar-refractivity contribution in [1.82, 2.24) is 4.98 Å². The third kappa shape index (κ3) is 2.14. The zero-order valence-electron chi connectivity index (χ0n) is 10.3. The number of aryl methyl sites for hydroxylation is 1. The average Bonchev–Trinajstić information content (AvgIpc) is 2.84. The van der Waals surface area contributed by atoms with Crippen molar-refractivity contribution < 1.29 is 4.57 Å². The van der Waals surface area contributed by atoms with Crippen LogP contribution in [0, 0.1) is 0 Å². The van der Waals surface area contributed by atoms with Crippen LogP contribution in [0.2, 0.25) is 0 Å². The summed E-state index contributed by atoms with van der Waals surface area (Å²) in [5.74, 6) is 0. The molecule has 0 aliphatic heterocycles. The van der Waals surface area contributed by atoms with Gasteiger partial charge >= 0.3 is 0 Å². The quantitative estimate of drug-likeness (QED) is 0.653. The number of para-hydroxylation sites is 1. The molecule has 3 rings (SSSR count). The van der Waals surface area contributed by atoms with Gasteiger partial charge in [0.25, 0.3) is 0 Å². The molecule has 3 heteroatoms. The molecule has 90 valence electrons. The monoisotopic (exact) mass is 255 g/mol. The Morgan fingerprint density at radius 2 is 1.89 bits per heavy atom. The van der Waals surface area contributed by atoms with Crippen LogP contribution in [0.5, 0.6) is 0 Å². The topological polar surface area (TPSA) is 16.8 Å². The average molecular weight is 255 g/mol. The first-order valence-electron chi connectivity index (χ1n) is 6.22. The van der Waals surface area contributed by atoms with Gasteiger partial charge in [-0.05, 0) is 12.1 Å². The van der Waals surface area contributed by atoms with Crippen molar-refractivity contribution in [3.63, 3.8) is 0 Å². The summed E-state index contributed by atoms with van der Waals surface area (Å²) in [6, 6.07) is 12.6. The Bertz CT molecular complexity index is 623. The van der Waals surface area contributed by atoms with E-state index in [0.29, 0.717) is 0 Å². The first kappa shape index (κ1) is 11.4. The fourth-order valence-electron chi connectivity index (χ4n) is 2.00. The lowest BCUT2D eigenvalue weighted by molar-refractivity contribution is -0.696. The van der Waals surface area contributed by atoms with E-state index in [4.69, 9.17) is 0 Å². The smallest absolute Gasteiger partial charge is 0.169 e. The van der Waals surface area contributed by atoms with Crippen molar-refractivity contribution >= 4 is 21.6 Å². The van der Waals surface area contributed by atoms with Crippen LogP contribution < -0.4 is 4.57 Å². The highest BCUT2D eigenvalue weighted by atomic mass is 32.1. The van der Waals surface area contributed by atoms with E-state index >= 15 is 0 Å². The van der Waals surface area contributed by atoms with Gasteiger partial charge in [0.05, 0.1) is 10.2 Å². The summed E-state index contributed by atoms with van der Waals surface area (Å²) in [7, 11) is 0. The van der Waals surface area contributed by atoms with Crippen LogP contribution in [-0.4, -0.2) is 4.98 Å². The molecule has 0 saturated carbocycles. The van der Waals surface area contributed by atoms with E-state index in [1.54, 1.807) is 11.3 Å². The summed E-state index contributed by atoms with van der Waals surface area (Å²) in [6.45, 7) is 3.26. The van der Waals surface area contributed by atoms with E-state index in [-0.39, 0.29) is 0 Å². The van der Waals surface area contributed by atoms with Crippen molar-refractivity contribution in [3.05, 3.63) is 48.8 Å². The Balaban J connectivity index is 1.98. The Morgan fingerprint density at radius 3 is 2.61 bits per heavy atom. The lowest BCUT2D eigenvalue weighted by atomic mass is 10.3. The summed E-state index contributed by atoms with van der Waals surface area (Å²) in [4.78, 5) is 4.67. The maximum atomic E-state index is 4.67. The van der Waals surface area contributed by atoms with E-state index in [1.807, 2.05) is 6.07 Å². The first-order chi connectivity index (χ1) is 8.86. The molecule has 18 heavy (non-hydrogen) atoms. The molecule has 0 aliphatic carbocycles. The van der Waals surface area contributed by atoms with E-state index in [9.17, 15) is 0 Å². The summed E-state index contributed by atoms with van der Waals surface area (Å²) in [5.41, 5.74) is 2.28. The molecule has 2 nitrogen and oxygen atoms in total. The third-order valence-corrected chi connectivity index (χ3v) is 4.00. The molecule has 0 bridgehead atoms. The number of hydrogen-bond acceptors (Lipinski definition) is 2. The molecule has 2 aromatic heterocycles. The van der Waals surface area contributed by atoms with Crippen molar-refractivity contribution in [1.29, 1.82) is 0 Å². The highest BCUT2D eigenvalue weighted by molar-refractivity contribution is 7.21. The Kier molecular flexibility index (Phi) is 3.07. The van der Waals surface area contributed by atoms with Crippen LogP contribution in [0.25, 0.3) is 20.8 Å². The molecule has 3 aromatic rings. The van der Waals surface area contributed by atoms with Crippen molar-refractivity contribution in [3.8, 4) is 10.6 Å². The maximum absolute atomic E-state index is 4.67. The van der Waals surface area contributed by atoms with Crippen molar-refractivity contribution in [2.75, 3.05) is 0 Å². The number of aromatic nitrogens is 2. The van der Waals surface area contributed by atoms with E-state index in [2.05, 4.69) is 59.2 Å². The van der Waals surface area contributed by atoms with E-state index < -0.39 is 0 Å². The molecule has 0 spiro atoms. The molecule has 0 saturated heterocycles. The number of nitrogens with zero attached hydrogens (tertiary/aromatic N) is 2. The Labute approximate surface area is 111 Å². The van der Waals surface area contributed by atoms with Gasteiger partial charge in [-0.2, -0.15) is 0 Å². The highest BCUT2D eigenvalue weighted by Crippen LogP contribution is 2.29. The van der Waals surface area contributed by atoms with Crippen LogP contribution in [-0.2, 0) is 6.54 Å². The third-order valence-electron chi connectivity index (χ3n) is 2.91. The Morgan fingerprint density at radius 1 is 1.11 bits per heavy atom. The molecule has 0 unspecified atom stereocenters. The molecular weight excluding hydrogens is 240 g/mol. The fraction of sp³-hybridized carbons (Fsp3) is 0.200. The summed E-state index contributed by atoms with van der Waals surface area (Å²) < 4.78 is 3.45. The molecule has 0 aliphatic rings. The van der Waals surface area contributed by atoms with Crippen LogP contribution in [0.15, 0.2) is 48.8 Å². The normalized spacial score (nSPS) is 10.9. The van der Waals surface area contributed by atoms with Gasteiger partial charge in [-0.25, -0.2) is 9.55 Å². The lowest BCUT2D eigenvalue weighted by Crippen LogP contribution is -2.31. The number of thiazole rings is 1. The van der Waals surface area contributed by atoms with Gasteiger partial charge < -0.3 is 0 Å². The molecule has 0 fully saturated rings. The minimum Gasteiger partial charge on any atom is -0.236 e. The lowest BCUT2D eigenvalue weighted by Gasteiger charge is -1.95. The van der Waals surface area contributed by atoms with Gasteiger partial charge in [-0.1, -0.05) is 19.1 Å². The second-order valence-electron chi connectivity index (χ2n) is 4.31. The van der Waals surface area contributed by atoms with Gasteiger partial charge in [0, 0.05) is 24.1 Å². The zero-order chi connectivity index (χ0) is 12.4. The largest absolute Gasteiger partial charge is 0.236 e. The maximum Gasteiger partial charge on any atom is 0.169 e. The van der Waals surface area contributed by atoms with E-state index in [0.717, 1.165) is 23.5 Å². The predicted octanol–water partition coefficient (Wildman–Crippen LogP) is 3.66. The highest BCUT2D eigenvalue weighted by Gasteiger charge is 2.07. The second-order valence-corrected chi connectivity index (χ2v) is 5.34. The van der Waals surface area contributed by atoms with Gasteiger partial charge in [0.2, 0.25) is 0 Å². The van der Waals surface area contributed by atoms with Gasteiger partial charge in [-0.15, -0.1) is 11.3 Å². The Hall–Kier alpha value is -1.74. The first-order valence-corrected chi connectivity index (χ1v) is 7.03. The zero-order valence-corrected chi connectivity index (χ0v) is 11.2. The van der Waals surface area contributed by atoms with Crippen LogP contribution in [0.3, 0.4) is 0 Å². The SMILES string of the molecule is CCC[n+]1ccc(-c2nc3ccccc3s2)cc1. The van der Waals surface area contributed by atoms with Crippen LogP contribution in [0.4, 0.5) is 0 Å². The molecule has 0 radical (unpaired) electrons. The number of benzene rings is 1. The second kappa shape index (κ2) is 4.86.